The maximum absolute atomic E-state index is 13.8. The molecule has 1 spiro atoms. The number of para-hydroxylation sites is 2. The molecule has 0 radical (unpaired) electrons. The van der Waals surface area contributed by atoms with Crippen LogP contribution < -0.4 is 9.75 Å². The van der Waals surface area contributed by atoms with Crippen molar-refractivity contribution >= 4 is 17.3 Å². The fourth-order valence-electron chi connectivity index (χ4n) is 4.20. The molecule has 0 aromatic heterocycles. The van der Waals surface area contributed by atoms with Crippen LogP contribution in [-0.2, 0) is 4.79 Å². The predicted octanol–water partition coefficient (Wildman–Crippen LogP) is 3.63. The molecular formula is C23H17N3O4. The van der Waals surface area contributed by atoms with E-state index in [9.17, 15) is 14.9 Å². The van der Waals surface area contributed by atoms with E-state index in [1.807, 2.05) is 48.5 Å². The Morgan fingerprint density at radius 2 is 1.60 bits per heavy atom. The van der Waals surface area contributed by atoms with Crippen molar-refractivity contribution in [3.8, 4) is 5.75 Å². The van der Waals surface area contributed by atoms with Crippen LogP contribution in [0.1, 0.15) is 17.0 Å². The minimum Gasteiger partial charge on any atom is -0.470 e. The zero-order chi connectivity index (χ0) is 20.7. The van der Waals surface area contributed by atoms with Gasteiger partial charge in [-0.05, 0) is 18.2 Å². The minimum absolute atomic E-state index is 0.375. The normalized spacial score (nSPS) is 22.0. The summed E-state index contributed by atoms with van der Waals surface area (Å²) < 4.78 is 6.27. The molecule has 30 heavy (non-hydrogen) atoms. The van der Waals surface area contributed by atoms with E-state index in [0.717, 1.165) is 0 Å². The second-order valence-electron chi connectivity index (χ2n) is 7.21. The number of nitrogens with zero attached hydrogens (tertiary/aromatic N) is 3. The first kappa shape index (κ1) is 18.1. The molecule has 0 saturated carbocycles. The first-order valence-corrected chi connectivity index (χ1v) is 9.55. The van der Waals surface area contributed by atoms with Crippen LogP contribution in [0.5, 0.6) is 5.75 Å². The molecule has 2 aliphatic rings. The van der Waals surface area contributed by atoms with Crippen LogP contribution >= 0.6 is 0 Å². The van der Waals surface area contributed by atoms with E-state index in [1.54, 1.807) is 36.4 Å². The Bertz CT molecular complexity index is 1160. The molecule has 2 aliphatic heterocycles. The Morgan fingerprint density at radius 3 is 2.30 bits per heavy atom. The minimum atomic E-state index is -1.60. The highest BCUT2D eigenvalue weighted by Crippen LogP contribution is 2.50. The lowest BCUT2D eigenvalue weighted by molar-refractivity contribution is -0.484. The second kappa shape index (κ2) is 6.81. The van der Waals surface area contributed by atoms with Crippen molar-refractivity contribution in [1.29, 1.82) is 0 Å². The van der Waals surface area contributed by atoms with E-state index in [1.165, 1.54) is 5.01 Å². The summed E-state index contributed by atoms with van der Waals surface area (Å²) in [6, 6.07) is 25.3. The van der Waals surface area contributed by atoms with Crippen molar-refractivity contribution in [1.82, 2.24) is 0 Å². The molecule has 148 valence electrons. The summed E-state index contributed by atoms with van der Waals surface area (Å²) in [4.78, 5) is 25.0. The fourth-order valence-corrected chi connectivity index (χ4v) is 4.20. The Hall–Kier alpha value is -4.00. The van der Waals surface area contributed by atoms with Crippen LogP contribution in [0.15, 0.2) is 90.0 Å². The van der Waals surface area contributed by atoms with Crippen molar-refractivity contribution in [2.45, 2.75) is 11.5 Å². The molecule has 2 atom stereocenters. The summed E-state index contributed by atoms with van der Waals surface area (Å²) in [5.74, 6) is -0.768. The summed E-state index contributed by atoms with van der Waals surface area (Å²) in [6.45, 7) is -0.447. The largest absolute Gasteiger partial charge is 0.470 e. The molecule has 0 unspecified atom stereocenters. The summed E-state index contributed by atoms with van der Waals surface area (Å²) in [6.07, 6.45) is 0. The highest BCUT2D eigenvalue weighted by atomic mass is 16.6. The Kier molecular flexibility index (Phi) is 4.10. The van der Waals surface area contributed by atoms with Crippen LogP contribution in [0.4, 0.5) is 5.69 Å². The molecule has 0 saturated heterocycles. The molecule has 0 bridgehead atoms. The number of nitro groups is 1. The number of carbonyl (C=O) groups is 1. The molecule has 0 fully saturated rings. The SMILES string of the molecule is O=C1N(c2ccccc2)N=C(c2ccccc2)[C@]12Oc1ccccc1[C@@H]2C[N+](=O)[O-]. The number of fused-ring (bicyclic) bond motifs is 1. The summed E-state index contributed by atoms with van der Waals surface area (Å²) in [5.41, 5.74) is 0.673. The van der Waals surface area contributed by atoms with E-state index < -0.39 is 28.9 Å². The molecule has 0 aliphatic carbocycles. The zero-order valence-corrected chi connectivity index (χ0v) is 15.8. The number of ether oxygens (including phenoxy) is 1. The molecule has 3 aromatic rings. The van der Waals surface area contributed by atoms with Gasteiger partial charge in [0.1, 0.15) is 17.4 Å². The average molecular weight is 399 g/mol. The third kappa shape index (κ3) is 2.59. The van der Waals surface area contributed by atoms with Crippen LogP contribution in [0.2, 0.25) is 0 Å². The van der Waals surface area contributed by atoms with Crippen molar-refractivity contribution in [3.05, 3.63) is 106 Å². The van der Waals surface area contributed by atoms with Gasteiger partial charge >= 0.3 is 0 Å². The topological polar surface area (TPSA) is 85.0 Å². The number of hydrogen-bond donors (Lipinski definition) is 0. The van der Waals surface area contributed by atoms with Gasteiger partial charge in [0.05, 0.1) is 5.69 Å². The standard InChI is InChI=1S/C23H17N3O4/c27-22-23(19(15-25(28)29)18-13-7-8-14-20(18)30-23)21(16-9-3-1-4-10-16)24-26(22)17-11-5-2-6-12-17/h1-14,19H,15H2/t19-,23-/m0/s1. The van der Waals surface area contributed by atoms with Gasteiger partial charge in [0.2, 0.25) is 12.1 Å². The van der Waals surface area contributed by atoms with E-state index in [4.69, 9.17) is 4.74 Å². The molecule has 2 heterocycles. The first-order valence-electron chi connectivity index (χ1n) is 9.55. The van der Waals surface area contributed by atoms with Crippen molar-refractivity contribution in [3.63, 3.8) is 0 Å². The Balaban J connectivity index is 1.73. The summed E-state index contributed by atoms with van der Waals surface area (Å²) >= 11 is 0. The van der Waals surface area contributed by atoms with Gasteiger partial charge in [-0.1, -0.05) is 66.7 Å². The van der Waals surface area contributed by atoms with Gasteiger partial charge in [-0.3, -0.25) is 14.9 Å². The zero-order valence-electron chi connectivity index (χ0n) is 15.8. The van der Waals surface area contributed by atoms with Gasteiger partial charge in [0.25, 0.3) is 5.91 Å². The monoisotopic (exact) mass is 399 g/mol. The average Bonchev–Trinajstić information content (AvgIpc) is 3.25. The Labute approximate surface area is 172 Å². The molecular weight excluding hydrogens is 382 g/mol. The predicted molar refractivity (Wildman–Crippen MR) is 111 cm³/mol. The molecule has 3 aromatic carbocycles. The first-order chi connectivity index (χ1) is 14.6. The van der Waals surface area contributed by atoms with Crippen LogP contribution in [-0.4, -0.2) is 28.7 Å². The van der Waals surface area contributed by atoms with Crippen molar-refractivity contribution in [2.75, 3.05) is 11.6 Å². The third-order valence-electron chi connectivity index (χ3n) is 5.50. The Morgan fingerprint density at radius 1 is 0.967 bits per heavy atom. The van der Waals surface area contributed by atoms with Crippen LogP contribution in [0.25, 0.3) is 0 Å². The van der Waals surface area contributed by atoms with Crippen molar-refractivity contribution < 1.29 is 14.5 Å². The van der Waals surface area contributed by atoms with Gasteiger partial charge in [-0.2, -0.15) is 10.1 Å². The molecule has 0 N–H and O–H groups in total. The quantitative estimate of drug-likeness (QED) is 0.495. The number of rotatable bonds is 4. The van der Waals surface area contributed by atoms with Crippen LogP contribution in [0.3, 0.4) is 0 Å². The van der Waals surface area contributed by atoms with Gasteiger partial charge in [-0.15, -0.1) is 0 Å². The molecule has 7 nitrogen and oxygen atoms in total. The number of hydrogen-bond acceptors (Lipinski definition) is 5. The molecule has 1 amide bonds. The van der Waals surface area contributed by atoms with E-state index in [-0.39, 0.29) is 0 Å². The third-order valence-corrected chi connectivity index (χ3v) is 5.50. The summed E-state index contributed by atoms with van der Waals surface area (Å²) in [5, 5.41) is 17.5. The van der Waals surface area contributed by atoms with Gasteiger partial charge < -0.3 is 4.74 Å². The lowest BCUT2D eigenvalue weighted by atomic mass is 9.78. The number of hydrazone groups is 1. The number of anilines is 1. The van der Waals surface area contributed by atoms with E-state index >= 15 is 0 Å². The van der Waals surface area contributed by atoms with Crippen molar-refractivity contribution in [2.24, 2.45) is 5.10 Å². The fraction of sp³-hybridized carbons (Fsp3) is 0.130. The maximum Gasteiger partial charge on any atom is 0.298 e. The van der Waals surface area contributed by atoms with Gasteiger partial charge in [-0.25, -0.2) is 0 Å². The summed E-state index contributed by atoms with van der Waals surface area (Å²) in [7, 11) is 0. The second-order valence-corrected chi connectivity index (χ2v) is 7.21. The number of benzene rings is 3. The maximum atomic E-state index is 13.8. The van der Waals surface area contributed by atoms with Gasteiger partial charge in [0, 0.05) is 16.1 Å². The lowest BCUT2D eigenvalue weighted by Crippen LogP contribution is -2.54. The van der Waals surface area contributed by atoms with Crippen LogP contribution in [0, 0.1) is 10.1 Å². The van der Waals surface area contributed by atoms with E-state index in [0.29, 0.717) is 28.3 Å². The van der Waals surface area contributed by atoms with E-state index in [2.05, 4.69) is 5.10 Å². The highest BCUT2D eigenvalue weighted by Gasteiger charge is 2.65. The molecule has 5 rings (SSSR count). The number of carbonyl (C=O) groups excluding carboxylic acids is 1. The van der Waals surface area contributed by atoms with Gasteiger partial charge in [0.15, 0.2) is 0 Å². The molecule has 7 heteroatoms. The number of amides is 1. The lowest BCUT2D eigenvalue weighted by Gasteiger charge is -2.28. The smallest absolute Gasteiger partial charge is 0.298 e. The highest BCUT2D eigenvalue weighted by molar-refractivity contribution is 6.29.